The van der Waals surface area contributed by atoms with Gasteiger partial charge < -0.3 is 9.88 Å². The Morgan fingerprint density at radius 2 is 2.29 bits per heavy atom. The highest BCUT2D eigenvalue weighted by atomic mass is 32.2. The largest absolute Gasteiger partial charge is 0.340 e. The smallest absolute Gasteiger partial charge is 0.236 e. The van der Waals surface area contributed by atoms with E-state index in [1.54, 1.807) is 24.0 Å². The molecule has 1 aliphatic rings. The second-order valence-corrected chi connectivity index (χ2v) is 7.29. The fourth-order valence-electron chi connectivity index (χ4n) is 3.12. The number of aromatic nitrogens is 2. The molecule has 3 rings (SSSR count). The molecule has 1 aliphatic heterocycles. The van der Waals surface area contributed by atoms with Crippen LogP contribution in [-0.2, 0) is 4.79 Å². The van der Waals surface area contributed by atoms with Crippen molar-refractivity contribution in [1.29, 1.82) is 0 Å². The van der Waals surface area contributed by atoms with Crippen molar-refractivity contribution in [3.63, 3.8) is 0 Å². The van der Waals surface area contributed by atoms with E-state index in [0.717, 1.165) is 42.9 Å². The third-order valence-electron chi connectivity index (χ3n) is 4.53. The molecule has 24 heavy (non-hydrogen) atoms. The van der Waals surface area contributed by atoms with Gasteiger partial charge in [-0.25, -0.2) is 9.37 Å². The lowest BCUT2D eigenvalue weighted by atomic mass is 10.0. The van der Waals surface area contributed by atoms with Crippen molar-refractivity contribution in [2.45, 2.75) is 37.5 Å². The predicted molar refractivity (Wildman–Crippen MR) is 95.3 cm³/mol. The number of thioether (sulfide) groups is 1. The molecule has 0 bridgehead atoms. The van der Waals surface area contributed by atoms with Gasteiger partial charge in [-0.05, 0) is 44.6 Å². The molecule has 2 atom stereocenters. The summed E-state index contributed by atoms with van der Waals surface area (Å²) in [6.07, 6.45) is 6.69. The number of hydrogen-bond donors (Lipinski definition) is 1. The monoisotopic (exact) mass is 347 g/mol. The zero-order valence-electron chi connectivity index (χ0n) is 14.0. The van der Waals surface area contributed by atoms with Crippen LogP contribution < -0.4 is 0 Å². The Balaban J connectivity index is 1.85. The van der Waals surface area contributed by atoms with Crippen LogP contribution in [0.1, 0.15) is 38.1 Å². The second-order valence-electron chi connectivity index (χ2n) is 6.11. The van der Waals surface area contributed by atoms with Crippen molar-refractivity contribution >= 4 is 17.7 Å². The number of benzene rings is 1. The van der Waals surface area contributed by atoms with Gasteiger partial charge in [-0.3, -0.25) is 4.79 Å². The van der Waals surface area contributed by atoms with Gasteiger partial charge in [-0.1, -0.05) is 12.1 Å². The van der Waals surface area contributed by atoms with E-state index in [9.17, 15) is 9.18 Å². The number of amides is 1. The summed E-state index contributed by atoms with van der Waals surface area (Å²) in [4.78, 5) is 22.4. The van der Waals surface area contributed by atoms with Crippen molar-refractivity contribution < 1.29 is 9.18 Å². The van der Waals surface area contributed by atoms with Gasteiger partial charge in [0.1, 0.15) is 11.6 Å². The summed E-state index contributed by atoms with van der Waals surface area (Å²) in [5, 5.41) is -0.0525. The summed E-state index contributed by atoms with van der Waals surface area (Å²) in [7, 11) is 0. The van der Waals surface area contributed by atoms with Crippen LogP contribution in [0.4, 0.5) is 4.39 Å². The van der Waals surface area contributed by atoms with Gasteiger partial charge in [0.25, 0.3) is 0 Å². The third kappa shape index (κ3) is 3.48. The van der Waals surface area contributed by atoms with Gasteiger partial charge in [-0.15, -0.1) is 0 Å². The maximum absolute atomic E-state index is 13.4. The predicted octanol–water partition coefficient (Wildman–Crippen LogP) is 4.02. The summed E-state index contributed by atoms with van der Waals surface area (Å²) in [6, 6.07) is 6.41. The highest BCUT2D eigenvalue weighted by Gasteiger charge is 2.32. The number of nitrogens with zero attached hydrogens (tertiary/aromatic N) is 2. The van der Waals surface area contributed by atoms with E-state index in [-0.39, 0.29) is 23.0 Å². The summed E-state index contributed by atoms with van der Waals surface area (Å²) >= 11 is 1.56. The number of hydrogen-bond acceptors (Lipinski definition) is 3. The number of halogens is 1. The van der Waals surface area contributed by atoms with Gasteiger partial charge >= 0.3 is 0 Å². The Morgan fingerprint density at radius 3 is 3.04 bits per heavy atom. The Morgan fingerprint density at radius 1 is 1.46 bits per heavy atom. The van der Waals surface area contributed by atoms with E-state index >= 15 is 0 Å². The SMILES string of the molecule is CS[C@@H](C)C(=O)N1CCCC[C@@H]1c1ncc(-c2cccc(F)c2)[nH]1. The maximum Gasteiger partial charge on any atom is 0.236 e. The highest BCUT2D eigenvalue weighted by molar-refractivity contribution is 7.99. The van der Waals surface area contributed by atoms with E-state index in [0.29, 0.717) is 0 Å². The molecule has 0 saturated carbocycles. The van der Waals surface area contributed by atoms with E-state index < -0.39 is 0 Å². The summed E-state index contributed by atoms with van der Waals surface area (Å²) in [6.45, 7) is 2.71. The molecule has 0 spiro atoms. The highest BCUT2D eigenvalue weighted by Crippen LogP contribution is 2.32. The molecule has 1 fully saturated rings. The standard InChI is InChI=1S/C18H22FN3OS/c1-12(24-2)18(23)22-9-4-3-8-16(22)17-20-11-15(21-17)13-6-5-7-14(19)10-13/h5-7,10-12,16H,3-4,8-9H2,1-2H3,(H,20,21)/t12-,16+/m0/s1. The van der Waals surface area contributed by atoms with E-state index in [2.05, 4.69) is 9.97 Å². The number of carbonyl (C=O) groups excluding carboxylic acids is 1. The number of likely N-dealkylation sites (tertiary alicyclic amines) is 1. The van der Waals surface area contributed by atoms with Crippen LogP contribution in [0.2, 0.25) is 0 Å². The molecule has 4 nitrogen and oxygen atoms in total. The Kier molecular flexibility index (Phi) is 5.23. The molecule has 6 heteroatoms. The first-order chi connectivity index (χ1) is 11.6. The van der Waals surface area contributed by atoms with Gasteiger partial charge in [0.15, 0.2) is 0 Å². The number of rotatable bonds is 4. The minimum absolute atomic E-state index is 0.0249. The molecule has 0 unspecified atom stereocenters. The third-order valence-corrected chi connectivity index (χ3v) is 5.44. The van der Waals surface area contributed by atoms with Gasteiger partial charge in [-0.2, -0.15) is 11.8 Å². The lowest BCUT2D eigenvalue weighted by Gasteiger charge is -2.36. The zero-order valence-corrected chi connectivity index (χ0v) is 14.8. The molecule has 1 aromatic carbocycles. The van der Waals surface area contributed by atoms with E-state index in [1.165, 1.54) is 12.1 Å². The average molecular weight is 347 g/mol. The van der Waals surface area contributed by atoms with Crippen LogP contribution in [0.5, 0.6) is 0 Å². The van der Waals surface area contributed by atoms with Crippen molar-refractivity contribution in [2.75, 3.05) is 12.8 Å². The minimum Gasteiger partial charge on any atom is -0.340 e. The fourth-order valence-corrected chi connectivity index (χ4v) is 3.46. The summed E-state index contributed by atoms with van der Waals surface area (Å²) in [5.74, 6) is 0.679. The second kappa shape index (κ2) is 7.38. The molecule has 1 aromatic heterocycles. The summed E-state index contributed by atoms with van der Waals surface area (Å²) < 4.78 is 13.4. The van der Waals surface area contributed by atoms with Crippen LogP contribution in [0.25, 0.3) is 11.3 Å². The maximum atomic E-state index is 13.4. The summed E-state index contributed by atoms with van der Waals surface area (Å²) in [5.41, 5.74) is 1.54. The fraction of sp³-hybridized carbons (Fsp3) is 0.444. The molecular formula is C18H22FN3OS. The zero-order chi connectivity index (χ0) is 17.1. The van der Waals surface area contributed by atoms with Crippen molar-refractivity contribution in [3.8, 4) is 11.3 Å². The molecule has 1 saturated heterocycles. The quantitative estimate of drug-likeness (QED) is 0.909. The molecule has 2 aromatic rings. The molecule has 2 heterocycles. The lowest BCUT2D eigenvalue weighted by molar-refractivity contribution is -0.134. The molecule has 1 N–H and O–H groups in total. The number of carbonyl (C=O) groups is 1. The average Bonchev–Trinajstić information content (AvgIpc) is 3.10. The first kappa shape index (κ1) is 17.0. The number of aromatic amines is 1. The van der Waals surface area contributed by atoms with Crippen LogP contribution in [-0.4, -0.2) is 38.8 Å². The molecule has 0 radical (unpaired) electrons. The first-order valence-corrected chi connectivity index (χ1v) is 9.53. The van der Waals surface area contributed by atoms with Crippen LogP contribution in [0, 0.1) is 5.82 Å². The van der Waals surface area contributed by atoms with Crippen LogP contribution in [0.15, 0.2) is 30.5 Å². The number of nitrogens with one attached hydrogen (secondary N) is 1. The van der Waals surface area contributed by atoms with Crippen LogP contribution >= 0.6 is 11.8 Å². The first-order valence-electron chi connectivity index (χ1n) is 8.24. The van der Waals surface area contributed by atoms with Gasteiger partial charge in [0, 0.05) is 12.1 Å². The Bertz CT molecular complexity index is 718. The molecule has 128 valence electrons. The van der Waals surface area contributed by atoms with Gasteiger partial charge in [0.05, 0.1) is 23.2 Å². The van der Waals surface area contributed by atoms with Crippen molar-refractivity contribution in [1.82, 2.24) is 14.9 Å². The van der Waals surface area contributed by atoms with E-state index in [4.69, 9.17) is 0 Å². The molecular weight excluding hydrogens is 325 g/mol. The lowest BCUT2D eigenvalue weighted by Crippen LogP contribution is -2.42. The van der Waals surface area contributed by atoms with Gasteiger partial charge in [0.2, 0.25) is 5.91 Å². The minimum atomic E-state index is -0.271. The number of piperidine rings is 1. The Labute approximate surface area is 145 Å². The normalized spacial score (nSPS) is 19.3. The molecule has 1 amide bonds. The molecule has 0 aliphatic carbocycles. The van der Waals surface area contributed by atoms with Crippen molar-refractivity contribution in [2.24, 2.45) is 0 Å². The van der Waals surface area contributed by atoms with Crippen molar-refractivity contribution in [3.05, 3.63) is 42.1 Å². The number of imidazole rings is 1. The topological polar surface area (TPSA) is 49.0 Å². The van der Waals surface area contributed by atoms with E-state index in [1.807, 2.05) is 24.1 Å². The van der Waals surface area contributed by atoms with Crippen LogP contribution in [0.3, 0.4) is 0 Å². The Hall–Kier alpha value is -1.82. The number of H-pyrrole nitrogens is 1.